The van der Waals surface area contributed by atoms with Gasteiger partial charge in [0.15, 0.2) is 0 Å². The first-order valence-corrected chi connectivity index (χ1v) is 9.42. The summed E-state index contributed by atoms with van der Waals surface area (Å²) in [5.41, 5.74) is 1.81. The van der Waals surface area contributed by atoms with Crippen LogP contribution in [-0.2, 0) is 16.0 Å². The molecule has 0 aliphatic carbocycles. The van der Waals surface area contributed by atoms with Crippen LogP contribution in [0.15, 0.2) is 24.3 Å². The number of carbonyl (C=O) groups excluding carboxylic acids is 2. The number of ether oxygens (including phenoxy) is 1. The Kier molecular flexibility index (Phi) is 8.62. The van der Waals surface area contributed by atoms with Gasteiger partial charge in [0, 0.05) is 13.1 Å². The minimum Gasteiger partial charge on any atom is -0.444 e. The van der Waals surface area contributed by atoms with E-state index < -0.39 is 11.7 Å². The highest BCUT2D eigenvalue weighted by molar-refractivity contribution is 5.83. The fourth-order valence-electron chi connectivity index (χ4n) is 2.52. The molecular formula is C21H34N2O3. The fraction of sp³-hybridized carbons (Fsp3) is 0.619. The third-order valence-corrected chi connectivity index (χ3v) is 3.84. The average molecular weight is 363 g/mol. The summed E-state index contributed by atoms with van der Waals surface area (Å²) in [5.74, 6) is 0.427. The highest BCUT2D eigenvalue weighted by Gasteiger charge is 2.16. The molecule has 0 saturated heterocycles. The van der Waals surface area contributed by atoms with Gasteiger partial charge in [-0.15, -0.1) is 0 Å². The highest BCUT2D eigenvalue weighted by atomic mass is 16.6. The van der Waals surface area contributed by atoms with Gasteiger partial charge in [0.2, 0.25) is 5.91 Å². The number of benzene rings is 1. The van der Waals surface area contributed by atoms with Crippen LogP contribution in [0.25, 0.3) is 0 Å². The van der Waals surface area contributed by atoms with Crippen LogP contribution >= 0.6 is 0 Å². The molecule has 1 aromatic carbocycles. The fourth-order valence-corrected chi connectivity index (χ4v) is 2.52. The summed E-state index contributed by atoms with van der Waals surface area (Å²) in [4.78, 5) is 23.8. The van der Waals surface area contributed by atoms with Gasteiger partial charge in [0.1, 0.15) is 5.60 Å². The number of nitrogens with one attached hydrogen (secondary N) is 2. The van der Waals surface area contributed by atoms with Crippen molar-refractivity contribution in [3.05, 3.63) is 35.4 Å². The summed E-state index contributed by atoms with van der Waals surface area (Å²) in [6.07, 6.45) is 1.27. The van der Waals surface area contributed by atoms with Crippen molar-refractivity contribution in [2.75, 3.05) is 13.1 Å². The minimum absolute atomic E-state index is 0.00104. The van der Waals surface area contributed by atoms with E-state index in [0.29, 0.717) is 25.4 Å². The standard InChI is InChI=1S/C21H34N2O3/c1-15(2)14-17-8-10-18(11-9-17)16(3)19(24)22-12-7-13-23-20(25)26-21(4,5)6/h8-11,15-16H,7,12-14H2,1-6H3,(H,22,24)(H,23,25)/t16-/m1/s1. The minimum atomic E-state index is -0.502. The van der Waals surface area contributed by atoms with Crippen molar-refractivity contribution in [3.8, 4) is 0 Å². The Hall–Kier alpha value is -2.04. The van der Waals surface area contributed by atoms with E-state index in [9.17, 15) is 9.59 Å². The van der Waals surface area contributed by atoms with E-state index in [1.807, 2.05) is 39.8 Å². The SMILES string of the molecule is CC(C)Cc1ccc([C@@H](C)C(=O)NCCCNC(=O)OC(C)(C)C)cc1. The van der Waals surface area contributed by atoms with Gasteiger partial charge in [-0.25, -0.2) is 4.79 Å². The molecule has 26 heavy (non-hydrogen) atoms. The van der Waals surface area contributed by atoms with Crippen LogP contribution in [0.5, 0.6) is 0 Å². The molecule has 0 saturated carbocycles. The van der Waals surface area contributed by atoms with Crippen LogP contribution in [0.1, 0.15) is 65.0 Å². The Morgan fingerprint density at radius 2 is 1.58 bits per heavy atom. The first-order chi connectivity index (χ1) is 12.1. The lowest BCUT2D eigenvalue weighted by Gasteiger charge is -2.19. The molecule has 0 bridgehead atoms. The lowest BCUT2D eigenvalue weighted by Crippen LogP contribution is -2.35. The molecule has 0 spiro atoms. The molecule has 0 unspecified atom stereocenters. The Labute approximate surface area is 157 Å². The molecule has 0 aromatic heterocycles. The van der Waals surface area contributed by atoms with E-state index in [0.717, 1.165) is 12.0 Å². The van der Waals surface area contributed by atoms with Gasteiger partial charge in [-0.2, -0.15) is 0 Å². The summed E-state index contributed by atoms with van der Waals surface area (Å²) < 4.78 is 5.16. The molecule has 146 valence electrons. The highest BCUT2D eigenvalue weighted by Crippen LogP contribution is 2.17. The molecule has 0 fully saturated rings. The first kappa shape index (κ1) is 22.0. The van der Waals surface area contributed by atoms with Crippen molar-refractivity contribution in [1.82, 2.24) is 10.6 Å². The van der Waals surface area contributed by atoms with Crippen molar-refractivity contribution < 1.29 is 14.3 Å². The van der Waals surface area contributed by atoms with E-state index in [-0.39, 0.29) is 11.8 Å². The van der Waals surface area contributed by atoms with Crippen molar-refractivity contribution in [3.63, 3.8) is 0 Å². The Morgan fingerprint density at radius 3 is 2.12 bits per heavy atom. The number of carbonyl (C=O) groups is 2. The monoisotopic (exact) mass is 362 g/mol. The molecule has 1 atom stereocenters. The lowest BCUT2D eigenvalue weighted by molar-refractivity contribution is -0.122. The zero-order valence-corrected chi connectivity index (χ0v) is 17.0. The molecule has 1 aromatic rings. The van der Waals surface area contributed by atoms with Gasteiger partial charge in [0.25, 0.3) is 0 Å². The summed E-state index contributed by atoms with van der Waals surface area (Å²) in [7, 11) is 0. The average Bonchev–Trinajstić information content (AvgIpc) is 2.52. The van der Waals surface area contributed by atoms with E-state index in [2.05, 4.69) is 36.6 Å². The molecule has 2 N–H and O–H groups in total. The van der Waals surface area contributed by atoms with Gasteiger partial charge in [-0.05, 0) is 57.6 Å². The quantitative estimate of drug-likeness (QED) is 0.686. The van der Waals surface area contributed by atoms with Crippen molar-refractivity contribution in [2.45, 2.75) is 65.9 Å². The van der Waals surface area contributed by atoms with Gasteiger partial charge < -0.3 is 15.4 Å². The maximum Gasteiger partial charge on any atom is 0.407 e. The van der Waals surface area contributed by atoms with Gasteiger partial charge in [-0.1, -0.05) is 38.1 Å². The van der Waals surface area contributed by atoms with E-state index in [4.69, 9.17) is 4.74 Å². The number of rotatable bonds is 8. The van der Waals surface area contributed by atoms with Crippen LogP contribution in [0, 0.1) is 5.92 Å². The van der Waals surface area contributed by atoms with E-state index in [1.165, 1.54) is 5.56 Å². The van der Waals surface area contributed by atoms with E-state index in [1.54, 1.807) is 0 Å². The van der Waals surface area contributed by atoms with Crippen LogP contribution in [0.4, 0.5) is 4.79 Å². The largest absolute Gasteiger partial charge is 0.444 e. The van der Waals surface area contributed by atoms with E-state index >= 15 is 0 Å². The molecule has 0 heterocycles. The van der Waals surface area contributed by atoms with Crippen molar-refractivity contribution >= 4 is 12.0 Å². The second-order valence-electron chi connectivity index (χ2n) is 8.13. The summed E-state index contributed by atoms with van der Waals surface area (Å²) in [6.45, 7) is 12.8. The van der Waals surface area contributed by atoms with Gasteiger partial charge in [-0.3, -0.25) is 4.79 Å². The third-order valence-electron chi connectivity index (χ3n) is 3.84. The summed E-state index contributed by atoms with van der Waals surface area (Å²) in [6, 6.07) is 8.27. The topological polar surface area (TPSA) is 67.4 Å². The predicted octanol–water partition coefficient (Wildman–Crippen LogP) is 4.02. The maximum absolute atomic E-state index is 12.3. The molecule has 5 heteroatoms. The Bertz CT molecular complexity index is 574. The first-order valence-electron chi connectivity index (χ1n) is 9.42. The molecule has 1 rings (SSSR count). The van der Waals surface area contributed by atoms with Crippen molar-refractivity contribution in [1.29, 1.82) is 0 Å². The zero-order valence-electron chi connectivity index (χ0n) is 17.0. The van der Waals surface area contributed by atoms with Gasteiger partial charge >= 0.3 is 6.09 Å². The summed E-state index contributed by atoms with van der Waals surface area (Å²) in [5, 5.41) is 5.60. The molecular weight excluding hydrogens is 328 g/mol. The lowest BCUT2D eigenvalue weighted by atomic mass is 9.96. The van der Waals surface area contributed by atoms with Crippen LogP contribution in [-0.4, -0.2) is 30.7 Å². The van der Waals surface area contributed by atoms with Crippen molar-refractivity contribution in [2.24, 2.45) is 5.92 Å². The maximum atomic E-state index is 12.3. The molecule has 0 radical (unpaired) electrons. The Balaban J connectivity index is 2.31. The second-order valence-corrected chi connectivity index (χ2v) is 8.13. The van der Waals surface area contributed by atoms with Crippen LogP contribution in [0.3, 0.4) is 0 Å². The van der Waals surface area contributed by atoms with Crippen LogP contribution in [0.2, 0.25) is 0 Å². The predicted molar refractivity (Wildman–Crippen MR) is 105 cm³/mol. The second kappa shape index (κ2) is 10.2. The molecule has 2 amide bonds. The summed E-state index contributed by atoms with van der Waals surface area (Å²) >= 11 is 0. The number of hydrogen-bond acceptors (Lipinski definition) is 3. The number of alkyl carbamates (subject to hydrolysis) is 1. The molecule has 0 aliphatic heterocycles. The normalized spacial score (nSPS) is 12.6. The number of amides is 2. The van der Waals surface area contributed by atoms with Crippen LogP contribution < -0.4 is 10.6 Å². The molecule has 5 nitrogen and oxygen atoms in total. The number of hydrogen-bond donors (Lipinski definition) is 2. The molecule has 0 aliphatic rings. The third kappa shape index (κ3) is 8.88. The van der Waals surface area contributed by atoms with Gasteiger partial charge in [0.05, 0.1) is 5.92 Å². The zero-order chi connectivity index (χ0) is 19.7. The Morgan fingerprint density at radius 1 is 1.00 bits per heavy atom. The smallest absolute Gasteiger partial charge is 0.407 e.